The van der Waals surface area contributed by atoms with E-state index < -0.39 is 12.1 Å². The third-order valence-electron chi connectivity index (χ3n) is 4.85. The maximum Gasteiger partial charge on any atom is 0.248 e. The molecule has 11 heteroatoms. The van der Waals surface area contributed by atoms with Gasteiger partial charge in [0.05, 0.1) is 36.3 Å². The molecule has 11 nitrogen and oxygen atoms in total. The summed E-state index contributed by atoms with van der Waals surface area (Å²) in [5.41, 5.74) is 1.62. The predicted octanol–water partition coefficient (Wildman–Crippen LogP) is 0.261. The van der Waals surface area contributed by atoms with Crippen molar-refractivity contribution in [3.05, 3.63) is 37.1 Å². The summed E-state index contributed by atoms with van der Waals surface area (Å²) in [5, 5.41) is 29.9. The summed E-state index contributed by atoms with van der Waals surface area (Å²) in [6.45, 7) is 0.123. The first-order valence-electron chi connectivity index (χ1n) is 8.93. The molecule has 0 spiro atoms. The maximum atomic E-state index is 11.7. The van der Waals surface area contributed by atoms with Crippen molar-refractivity contribution < 1.29 is 9.90 Å². The first-order valence-corrected chi connectivity index (χ1v) is 8.93. The quantitative estimate of drug-likeness (QED) is 0.608. The van der Waals surface area contributed by atoms with Gasteiger partial charge < -0.3 is 15.3 Å². The second kappa shape index (κ2) is 7.33. The predicted molar refractivity (Wildman–Crippen MR) is 102 cm³/mol. The van der Waals surface area contributed by atoms with Crippen LogP contribution in [0.1, 0.15) is 6.42 Å². The average molecular weight is 393 g/mol. The van der Waals surface area contributed by atoms with Gasteiger partial charge in [0.15, 0.2) is 0 Å². The highest BCUT2D eigenvalue weighted by atomic mass is 16.3. The third-order valence-corrected chi connectivity index (χ3v) is 4.85. The fourth-order valence-corrected chi connectivity index (χ4v) is 3.33. The van der Waals surface area contributed by atoms with E-state index >= 15 is 0 Å². The fraction of sp³-hybridized carbons (Fsp3) is 0.333. The Labute approximate surface area is 166 Å². The van der Waals surface area contributed by atoms with Crippen LogP contribution in [-0.4, -0.2) is 65.1 Å². The van der Waals surface area contributed by atoms with Crippen molar-refractivity contribution >= 4 is 17.5 Å². The van der Waals surface area contributed by atoms with Crippen molar-refractivity contribution in [2.45, 2.75) is 12.0 Å². The second-order valence-electron chi connectivity index (χ2n) is 6.93. The number of hydrogen-bond acceptors (Lipinski definition) is 8. The van der Waals surface area contributed by atoms with E-state index in [4.69, 9.17) is 5.11 Å². The molecule has 0 saturated carbocycles. The number of carbonyl (C=O) groups is 1. The van der Waals surface area contributed by atoms with E-state index in [-0.39, 0.29) is 12.3 Å². The lowest BCUT2D eigenvalue weighted by molar-refractivity contribution is -0.145. The molecule has 1 fully saturated rings. The first kappa shape index (κ1) is 18.6. The first-order chi connectivity index (χ1) is 14.0. The molecule has 0 radical (unpaired) electrons. The van der Waals surface area contributed by atoms with Crippen LogP contribution in [0, 0.1) is 11.3 Å². The molecule has 0 aliphatic carbocycles. The zero-order valence-electron chi connectivity index (χ0n) is 15.7. The van der Waals surface area contributed by atoms with Crippen LogP contribution in [0.3, 0.4) is 0 Å². The number of nitrogens with zero attached hydrogens (tertiary/aromatic N) is 8. The average Bonchev–Trinajstić information content (AvgIpc) is 3.33. The van der Waals surface area contributed by atoms with Gasteiger partial charge in [0.25, 0.3) is 0 Å². The van der Waals surface area contributed by atoms with E-state index in [1.165, 1.54) is 4.90 Å². The Bertz CT molecular complexity index is 1070. The highest BCUT2D eigenvalue weighted by Gasteiger charge is 2.47. The van der Waals surface area contributed by atoms with Crippen LogP contribution >= 0.6 is 0 Å². The van der Waals surface area contributed by atoms with E-state index in [1.807, 2.05) is 19.4 Å². The Balaban J connectivity index is 1.55. The molecule has 29 heavy (non-hydrogen) atoms. The standard InChI is InChI=1S/C18H19N9O2/c1-25-9-14(7-21-25)23-17-20-5-2-15(24-17)13-6-22-27(8-13)18(3-4-19)11-26(12-18)16(29)10-28/h2,5-9,28H,3,10-12H2,1H3,(H,20,23,24). The number of likely N-dealkylation sites (tertiary alicyclic amines) is 1. The molecule has 0 unspecified atom stereocenters. The SMILES string of the molecule is Cn1cc(Nc2nccc(-c3cnn(C4(CC#N)CN(C(=O)CO)C4)c3)n2)cn1. The van der Waals surface area contributed by atoms with Crippen LogP contribution in [0.2, 0.25) is 0 Å². The Hall–Kier alpha value is -3.78. The summed E-state index contributed by atoms with van der Waals surface area (Å²) in [4.78, 5) is 21.9. The zero-order valence-corrected chi connectivity index (χ0v) is 15.7. The monoisotopic (exact) mass is 393 g/mol. The van der Waals surface area contributed by atoms with E-state index in [0.29, 0.717) is 24.7 Å². The highest BCUT2D eigenvalue weighted by Crippen LogP contribution is 2.33. The molecule has 4 heterocycles. The number of aromatic nitrogens is 6. The number of nitriles is 1. The molecule has 0 bridgehead atoms. The topological polar surface area (TPSA) is 138 Å². The van der Waals surface area contributed by atoms with E-state index in [0.717, 1.165) is 11.3 Å². The van der Waals surface area contributed by atoms with Crippen LogP contribution in [-0.2, 0) is 17.4 Å². The number of aryl methyl sites for hydroxylation is 1. The van der Waals surface area contributed by atoms with Crippen molar-refractivity contribution in [2.24, 2.45) is 7.05 Å². The lowest BCUT2D eigenvalue weighted by atomic mass is 9.86. The van der Waals surface area contributed by atoms with Crippen molar-refractivity contribution in [3.8, 4) is 17.3 Å². The minimum Gasteiger partial charge on any atom is -0.387 e. The summed E-state index contributed by atoms with van der Waals surface area (Å²) in [5.74, 6) is 0.0752. The lowest BCUT2D eigenvalue weighted by Gasteiger charge is -2.48. The minimum atomic E-state index is -0.596. The molecular weight excluding hydrogens is 374 g/mol. The Morgan fingerprint density at radius 3 is 2.86 bits per heavy atom. The van der Waals surface area contributed by atoms with Gasteiger partial charge in [0.2, 0.25) is 11.9 Å². The number of carbonyl (C=O) groups excluding carboxylic acids is 1. The van der Waals surface area contributed by atoms with Crippen molar-refractivity contribution in [1.29, 1.82) is 5.26 Å². The van der Waals surface area contributed by atoms with Gasteiger partial charge in [0, 0.05) is 44.3 Å². The molecule has 3 aromatic heterocycles. The van der Waals surface area contributed by atoms with Crippen molar-refractivity contribution in [3.63, 3.8) is 0 Å². The summed E-state index contributed by atoms with van der Waals surface area (Å²) < 4.78 is 3.39. The molecule has 3 aromatic rings. The summed E-state index contributed by atoms with van der Waals surface area (Å²) >= 11 is 0. The molecule has 0 aromatic carbocycles. The summed E-state index contributed by atoms with van der Waals surface area (Å²) in [7, 11) is 1.82. The van der Waals surface area contributed by atoms with Crippen LogP contribution < -0.4 is 5.32 Å². The minimum absolute atomic E-state index is 0.209. The van der Waals surface area contributed by atoms with Gasteiger partial charge in [-0.15, -0.1) is 0 Å². The Morgan fingerprint density at radius 2 is 2.17 bits per heavy atom. The smallest absolute Gasteiger partial charge is 0.248 e. The molecule has 1 aliphatic rings. The number of rotatable bonds is 6. The number of hydrogen-bond donors (Lipinski definition) is 2. The van der Waals surface area contributed by atoms with Crippen LogP contribution in [0.5, 0.6) is 0 Å². The normalized spacial score (nSPS) is 14.9. The van der Waals surface area contributed by atoms with Crippen LogP contribution in [0.15, 0.2) is 37.1 Å². The van der Waals surface area contributed by atoms with Gasteiger partial charge in [-0.1, -0.05) is 0 Å². The largest absolute Gasteiger partial charge is 0.387 e. The molecule has 4 rings (SSSR count). The Morgan fingerprint density at radius 1 is 1.34 bits per heavy atom. The molecule has 1 saturated heterocycles. The number of aliphatic hydroxyl groups excluding tert-OH is 1. The van der Waals surface area contributed by atoms with Crippen LogP contribution in [0.25, 0.3) is 11.3 Å². The summed E-state index contributed by atoms with van der Waals surface area (Å²) in [6, 6.07) is 3.94. The van der Waals surface area contributed by atoms with Gasteiger partial charge >= 0.3 is 0 Å². The molecular formula is C18H19N9O2. The molecule has 0 atom stereocenters. The summed E-state index contributed by atoms with van der Waals surface area (Å²) in [6.07, 6.45) is 8.83. The Kier molecular flexibility index (Phi) is 4.69. The van der Waals surface area contributed by atoms with Gasteiger partial charge in [-0.05, 0) is 6.07 Å². The number of nitrogens with one attached hydrogen (secondary N) is 1. The van der Waals surface area contributed by atoms with Gasteiger partial charge in [-0.3, -0.25) is 14.2 Å². The number of anilines is 2. The molecule has 2 N–H and O–H groups in total. The van der Waals surface area contributed by atoms with Crippen LogP contribution in [0.4, 0.5) is 11.6 Å². The fourth-order valence-electron chi connectivity index (χ4n) is 3.33. The van der Waals surface area contributed by atoms with E-state index in [1.54, 1.807) is 34.0 Å². The highest BCUT2D eigenvalue weighted by molar-refractivity contribution is 5.78. The van der Waals surface area contributed by atoms with Gasteiger partial charge in [0.1, 0.15) is 12.1 Å². The number of amides is 1. The van der Waals surface area contributed by atoms with E-state index in [2.05, 4.69) is 31.6 Å². The second-order valence-corrected chi connectivity index (χ2v) is 6.93. The van der Waals surface area contributed by atoms with Crippen molar-refractivity contribution in [2.75, 3.05) is 25.0 Å². The molecule has 1 amide bonds. The lowest BCUT2D eigenvalue weighted by Crippen LogP contribution is -2.64. The zero-order chi connectivity index (χ0) is 20.4. The van der Waals surface area contributed by atoms with Gasteiger partial charge in [-0.25, -0.2) is 9.97 Å². The molecule has 1 aliphatic heterocycles. The van der Waals surface area contributed by atoms with E-state index in [9.17, 15) is 10.1 Å². The third kappa shape index (κ3) is 3.53. The maximum absolute atomic E-state index is 11.7. The van der Waals surface area contributed by atoms with Crippen molar-refractivity contribution in [1.82, 2.24) is 34.4 Å². The molecule has 148 valence electrons. The number of aliphatic hydroxyl groups is 1. The van der Waals surface area contributed by atoms with Gasteiger partial charge in [-0.2, -0.15) is 15.5 Å².